The average molecular weight is 438 g/mol. The highest BCUT2D eigenvalue weighted by molar-refractivity contribution is 7.99. The number of benzene rings is 1. The molecule has 0 atom stereocenters. The number of hydrogen-bond acceptors (Lipinski definition) is 6. The van der Waals surface area contributed by atoms with Crippen molar-refractivity contribution in [2.75, 3.05) is 25.4 Å². The highest BCUT2D eigenvalue weighted by Gasteiger charge is 2.19. The van der Waals surface area contributed by atoms with Gasteiger partial charge in [-0.15, -0.1) is 0 Å². The van der Waals surface area contributed by atoms with Gasteiger partial charge in [0.15, 0.2) is 5.16 Å². The second-order valence-electron chi connectivity index (χ2n) is 7.40. The highest BCUT2D eigenvalue weighted by Crippen LogP contribution is 2.20. The van der Waals surface area contributed by atoms with Gasteiger partial charge in [0, 0.05) is 19.3 Å². The first-order valence-electron chi connectivity index (χ1n) is 10.1. The Hall–Kier alpha value is -3.20. The van der Waals surface area contributed by atoms with E-state index in [9.17, 15) is 14.4 Å². The third-order valence-corrected chi connectivity index (χ3v) is 6.04. The summed E-state index contributed by atoms with van der Waals surface area (Å²) in [6, 6.07) is 10.7. The van der Waals surface area contributed by atoms with Crippen LogP contribution in [-0.2, 0) is 9.59 Å². The lowest BCUT2D eigenvalue weighted by atomic mass is 10.2. The van der Waals surface area contributed by atoms with Gasteiger partial charge >= 0.3 is 0 Å². The number of fused-ring (bicyclic) bond motifs is 1. The van der Waals surface area contributed by atoms with E-state index in [0.29, 0.717) is 21.9 Å². The predicted molar refractivity (Wildman–Crippen MR) is 119 cm³/mol. The molecule has 2 aromatic heterocycles. The fourth-order valence-electron chi connectivity index (χ4n) is 3.49. The zero-order valence-corrected chi connectivity index (χ0v) is 18.0. The van der Waals surface area contributed by atoms with E-state index >= 15 is 0 Å². The molecule has 1 aliphatic rings. The second-order valence-corrected chi connectivity index (χ2v) is 8.34. The Morgan fingerprint density at radius 2 is 1.94 bits per heavy atom. The normalized spacial score (nSPS) is 13.5. The van der Waals surface area contributed by atoms with Crippen LogP contribution in [0.25, 0.3) is 16.7 Å². The van der Waals surface area contributed by atoms with Crippen molar-refractivity contribution in [1.82, 2.24) is 24.8 Å². The Morgan fingerprint density at radius 1 is 1.16 bits per heavy atom. The largest absolute Gasteiger partial charge is 0.346 e. The van der Waals surface area contributed by atoms with E-state index in [2.05, 4.69) is 15.3 Å². The SMILES string of the molecule is Cc1ccnc(-n2c(SCC(=O)NCC(=O)N3CCCC3)nc3ccccc3c2=O)c1. The van der Waals surface area contributed by atoms with Gasteiger partial charge in [-0.3, -0.25) is 14.4 Å². The van der Waals surface area contributed by atoms with Crippen molar-refractivity contribution in [1.29, 1.82) is 0 Å². The van der Waals surface area contributed by atoms with Gasteiger partial charge in [0.2, 0.25) is 11.8 Å². The van der Waals surface area contributed by atoms with Gasteiger partial charge in [-0.1, -0.05) is 23.9 Å². The number of amides is 2. The summed E-state index contributed by atoms with van der Waals surface area (Å²) in [7, 11) is 0. The maximum atomic E-state index is 13.2. The number of likely N-dealkylation sites (tertiary alicyclic amines) is 1. The minimum Gasteiger partial charge on any atom is -0.346 e. The number of thioether (sulfide) groups is 1. The summed E-state index contributed by atoms with van der Waals surface area (Å²) in [6.45, 7) is 3.40. The van der Waals surface area contributed by atoms with Crippen LogP contribution in [0.1, 0.15) is 18.4 Å². The van der Waals surface area contributed by atoms with Gasteiger partial charge in [-0.05, 0) is 49.6 Å². The summed E-state index contributed by atoms with van der Waals surface area (Å²) in [5.74, 6) is 0.129. The van der Waals surface area contributed by atoms with Crippen molar-refractivity contribution < 1.29 is 9.59 Å². The van der Waals surface area contributed by atoms with Crippen LogP contribution in [0.2, 0.25) is 0 Å². The molecule has 1 saturated heterocycles. The number of aromatic nitrogens is 3. The molecule has 0 saturated carbocycles. The molecule has 9 heteroatoms. The van der Waals surface area contributed by atoms with Gasteiger partial charge in [0.25, 0.3) is 5.56 Å². The molecule has 0 radical (unpaired) electrons. The molecular formula is C22H23N5O3S. The summed E-state index contributed by atoms with van der Waals surface area (Å²) in [5.41, 5.74) is 1.28. The van der Waals surface area contributed by atoms with Crippen LogP contribution in [0.15, 0.2) is 52.5 Å². The molecular weight excluding hydrogens is 414 g/mol. The standard InChI is InChI=1S/C22H23N5O3S/c1-15-8-9-23-18(12-15)27-21(30)16-6-2-3-7-17(16)25-22(27)31-14-19(28)24-13-20(29)26-10-4-5-11-26/h2-3,6-9,12H,4-5,10-11,13-14H2,1H3,(H,24,28). The van der Waals surface area contributed by atoms with E-state index in [0.717, 1.165) is 43.3 Å². The quantitative estimate of drug-likeness (QED) is 0.467. The maximum Gasteiger partial charge on any atom is 0.267 e. The first-order chi connectivity index (χ1) is 15.0. The number of para-hydroxylation sites is 1. The van der Waals surface area contributed by atoms with Crippen LogP contribution in [0.5, 0.6) is 0 Å². The fourth-order valence-corrected chi connectivity index (χ4v) is 4.32. The van der Waals surface area contributed by atoms with Gasteiger partial charge in [0.1, 0.15) is 5.82 Å². The average Bonchev–Trinajstić information content (AvgIpc) is 3.31. The molecule has 1 N–H and O–H groups in total. The Balaban J connectivity index is 1.55. The first kappa shape index (κ1) is 21.0. The second kappa shape index (κ2) is 9.30. The van der Waals surface area contributed by atoms with E-state index in [1.165, 1.54) is 4.57 Å². The minimum absolute atomic E-state index is 0.0171. The van der Waals surface area contributed by atoms with Gasteiger partial charge in [-0.25, -0.2) is 14.5 Å². The summed E-state index contributed by atoms with van der Waals surface area (Å²) in [5, 5.41) is 3.53. The number of carbonyl (C=O) groups is 2. The lowest BCUT2D eigenvalue weighted by Gasteiger charge is -2.15. The third kappa shape index (κ3) is 4.77. The molecule has 0 aliphatic carbocycles. The number of rotatable bonds is 6. The number of aryl methyl sites for hydroxylation is 1. The molecule has 1 fully saturated rings. The Bertz CT molecular complexity index is 1190. The number of nitrogens with zero attached hydrogens (tertiary/aromatic N) is 4. The smallest absolute Gasteiger partial charge is 0.267 e. The molecule has 0 bridgehead atoms. The summed E-state index contributed by atoms with van der Waals surface area (Å²) in [4.78, 5) is 48.4. The number of pyridine rings is 1. The van der Waals surface area contributed by atoms with Crippen LogP contribution in [0, 0.1) is 6.92 Å². The molecule has 1 aliphatic heterocycles. The van der Waals surface area contributed by atoms with E-state index in [-0.39, 0.29) is 29.7 Å². The molecule has 2 amide bonds. The third-order valence-electron chi connectivity index (χ3n) is 5.10. The van der Waals surface area contributed by atoms with Gasteiger partial charge in [-0.2, -0.15) is 0 Å². The van der Waals surface area contributed by atoms with Crippen LogP contribution < -0.4 is 10.9 Å². The van der Waals surface area contributed by atoms with Crippen molar-refractivity contribution in [3.63, 3.8) is 0 Å². The molecule has 0 spiro atoms. The topological polar surface area (TPSA) is 97.2 Å². The summed E-state index contributed by atoms with van der Waals surface area (Å²) in [6.07, 6.45) is 3.65. The van der Waals surface area contributed by atoms with E-state index in [1.54, 1.807) is 35.4 Å². The summed E-state index contributed by atoms with van der Waals surface area (Å²) >= 11 is 1.14. The molecule has 4 rings (SSSR count). The number of nitrogens with one attached hydrogen (secondary N) is 1. The Morgan fingerprint density at radius 3 is 2.71 bits per heavy atom. The zero-order valence-electron chi connectivity index (χ0n) is 17.2. The molecule has 1 aromatic carbocycles. The van der Waals surface area contributed by atoms with Crippen LogP contribution in [0.3, 0.4) is 0 Å². The lowest BCUT2D eigenvalue weighted by Crippen LogP contribution is -2.39. The molecule has 0 unspecified atom stereocenters. The monoisotopic (exact) mass is 437 g/mol. The van der Waals surface area contributed by atoms with Crippen molar-refractivity contribution in [2.45, 2.75) is 24.9 Å². The van der Waals surface area contributed by atoms with Crippen molar-refractivity contribution in [3.8, 4) is 5.82 Å². The maximum absolute atomic E-state index is 13.2. The molecule has 31 heavy (non-hydrogen) atoms. The number of carbonyl (C=O) groups excluding carboxylic acids is 2. The molecule has 3 heterocycles. The van der Waals surface area contributed by atoms with Crippen molar-refractivity contribution >= 4 is 34.5 Å². The number of hydrogen-bond donors (Lipinski definition) is 1. The molecule has 160 valence electrons. The van der Waals surface area contributed by atoms with Crippen molar-refractivity contribution in [3.05, 3.63) is 58.5 Å². The zero-order chi connectivity index (χ0) is 21.8. The van der Waals surface area contributed by atoms with Crippen LogP contribution in [-0.4, -0.2) is 56.6 Å². The predicted octanol–water partition coefficient (Wildman–Crippen LogP) is 1.92. The minimum atomic E-state index is -0.288. The Labute approximate surface area is 183 Å². The van der Waals surface area contributed by atoms with Crippen LogP contribution >= 0.6 is 11.8 Å². The fraction of sp³-hybridized carbons (Fsp3) is 0.318. The van der Waals surface area contributed by atoms with E-state index in [1.807, 2.05) is 19.1 Å². The molecule has 8 nitrogen and oxygen atoms in total. The van der Waals surface area contributed by atoms with Gasteiger partial charge < -0.3 is 10.2 Å². The highest BCUT2D eigenvalue weighted by atomic mass is 32.2. The van der Waals surface area contributed by atoms with E-state index < -0.39 is 0 Å². The van der Waals surface area contributed by atoms with E-state index in [4.69, 9.17) is 0 Å². The van der Waals surface area contributed by atoms with Crippen LogP contribution in [0.4, 0.5) is 0 Å². The van der Waals surface area contributed by atoms with Crippen molar-refractivity contribution in [2.24, 2.45) is 0 Å². The lowest BCUT2D eigenvalue weighted by molar-refractivity contribution is -0.131. The molecule has 3 aromatic rings. The Kier molecular flexibility index (Phi) is 6.31. The summed E-state index contributed by atoms with van der Waals surface area (Å²) < 4.78 is 1.43. The van der Waals surface area contributed by atoms with Gasteiger partial charge in [0.05, 0.1) is 23.2 Å². The first-order valence-corrected chi connectivity index (χ1v) is 11.1.